The number of carbonyl (C=O) groups is 3. The number of hydrogen-bond acceptors (Lipinski definition) is 3. The number of amides is 3. The number of fused-ring (bicyclic) bond motifs is 3. The smallest absolute Gasteiger partial charge is 0.267 e. The van der Waals surface area contributed by atoms with Gasteiger partial charge in [-0.2, -0.15) is 0 Å². The van der Waals surface area contributed by atoms with E-state index in [0.717, 1.165) is 10.0 Å². The Morgan fingerprint density at radius 3 is 2.59 bits per heavy atom. The van der Waals surface area contributed by atoms with Crippen molar-refractivity contribution in [1.29, 1.82) is 0 Å². The number of hydrogen-bond donors (Lipinski definition) is 1. The van der Waals surface area contributed by atoms with E-state index >= 15 is 0 Å². The monoisotopic (exact) mass is 455 g/mol. The molecule has 0 spiro atoms. The van der Waals surface area contributed by atoms with Gasteiger partial charge in [0, 0.05) is 23.9 Å². The molecule has 2 aliphatic heterocycles. The van der Waals surface area contributed by atoms with Crippen molar-refractivity contribution in [3.05, 3.63) is 64.1 Å². The molecule has 2 aromatic carbocycles. The van der Waals surface area contributed by atoms with E-state index in [1.807, 2.05) is 38.1 Å². The first-order valence-electron chi connectivity index (χ1n) is 9.71. The summed E-state index contributed by atoms with van der Waals surface area (Å²) in [6.07, 6.45) is 0.489. The van der Waals surface area contributed by atoms with E-state index in [2.05, 4.69) is 21.2 Å². The number of likely N-dealkylation sites (N-methyl/N-ethyl adjacent to an activating group) is 1. The van der Waals surface area contributed by atoms with Gasteiger partial charge in [-0.15, -0.1) is 0 Å². The number of nitrogens with zero attached hydrogens (tertiary/aromatic N) is 2. The van der Waals surface area contributed by atoms with Crippen molar-refractivity contribution >= 4 is 39.3 Å². The molecule has 0 aromatic heterocycles. The largest absolute Gasteiger partial charge is 0.346 e. The van der Waals surface area contributed by atoms with Crippen LogP contribution in [-0.2, 0) is 9.59 Å². The summed E-state index contributed by atoms with van der Waals surface area (Å²) in [5, 5.41) is 3.05. The quantitative estimate of drug-likeness (QED) is 0.764. The van der Waals surface area contributed by atoms with Crippen molar-refractivity contribution in [3.63, 3.8) is 0 Å². The zero-order valence-electron chi connectivity index (χ0n) is 16.3. The molecule has 0 aliphatic carbocycles. The number of benzene rings is 2. The summed E-state index contributed by atoms with van der Waals surface area (Å²) in [5.41, 5.74) is 0.547. The van der Waals surface area contributed by atoms with Crippen LogP contribution < -0.4 is 10.2 Å². The van der Waals surface area contributed by atoms with Gasteiger partial charge in [0.2, 0.25) is 11.6 Å². The van der Waals surface area contributed by atoms with Crippen molar-refractivity contribution in [1.82, 2.24) is 10.2 Å². The lowest BCUT2D eigenvalue weighted by Crippen LogP contribution is -2.70. The van der Waals surface area contributed by atoms with Gasteiger partial charge in [0.25, 0.3) is 11.8 Å². The van der Waals surface area contributed by atoms with Crippen LogP contribution in [0.15, 0.2) is 53.0 Å². The van der Waals surface area contributed by atoms with Crippen LogP contribution >= 0.6 is 15.9 Å². The number of nitrogens with one attached hydrogen (secondary N) is 1. The van der Waals surface area contributed by atoms with Gasteiger partial charge in [0.15, 0.2) is 0 Å². The third kappa shape index (κ3) is 2.87. The van der Waals surface area contributed by atoms with E-state index in [9.17, 15) is 14.4 Å². The number of para-hydroxylation sites is 1. The van der Waals surface area contributed by atoms with E-state index in [0.29, 0.717) is 17.8 Å². The third-order valence-electron chi connectivity index (χ3n) is 5.77. The Morgan fingerprint density at radius 2 is 1.86 bits per heavy atom. The summed E-state index contributed by atoms with van der Waals surface area (Å²) in [6.45, 7) is 4.05. The lowest BCUT2D eigenvalue weighted by atomic mass is 9.95. The molecule has 7 heteroatoms. The average molecular weight is 456 g/mol. The SMILES string of the molecule is CCN1C(=O)c2ccccc2N2C(=O)CCC12C(=O)NC(C)c1ccccc1Br. The fourth-order valence-corrected chi connectivity index (χ4v) is 5.05. The van der Waals surface area contributed by atoms with Gasteiger partial charge in [0.1, 0.15) is 0 Å². The number of halogens is 1. The molecular weight excluding hydrogens is 434 g/mol. The molecule has 2 aromatic rings. The third-order valence-corrected chi connectivity index (χ3v) is 6.50. The molecule has 1 fully saturated rings. The topological polar surface area (TPSA) is 69.7 Å². The number of carbonyl (C=O) groups excluding carboxylic acids is 3. The average Bonchev–Trinajstić information content (AvgIpc) is 3.07. The van der Waals surface area contributed by atoms with Crippen LogP contribution in [0.1, 0.15) is 48.7 Å². The number of anilines is 1. The molecule has 1 saturated heterocycles. The minimum Gasteiger partial charge on any atom is -0.346 e. The normalized spacial score (nSPS) is 21.6. The summed E-state index contributed by atoms with van der Waals surface area (Å²) in [7, 11) is 0. The fraction of sp³-hybridized carbons (Fsp3) is 0.318. The first-order valence-corrected chi connectivity index (χ1v) is 10.5. The lowest BCUT2D eigenvalue weighted by molar-refractivity contribution is -0.134. The van der Waals surface area contributed by atoms with E-state index in [1.165, 1.54) is 9.80 Å². The Hall–Kier alpha value is -2.67. The second-order valence-corrected chi connectivity index (χ2v) is 8.18. The van der Waals surface area contributed by atoms with Crippen molar-refractivity contribution < 1.29 is 14.4 Å². The molecule has 2 atom stereocenters. The van der Waals surface area contributed by atoms with Crippen LogP contribution in [0.25, 0.3) is 0 Å². The predicted octanol–water partition coefficient (Wildman–Crippen LogP) is 3.63. The highest BCUT2D eigenvalue weighted by atomic mass is 79.9. The molecule has 29 heavy (non-hydrogen) atoms. The highest BCUT2D eigenvalue weighted by Crippen LogP contribution is 2.44. The Morgan fingerprint density at radius 1 is 1.17 bits per heavy atom. The van der Waals surface area contributed by atoms with Crippen LogP contribution in [0.2, 0.25) is 0 Å². The maximum absolute atomic E-state index is 13.7. The molecule has 4 rings (SSSR count). The Balaban J connectivity index is 1.77. The zero-order valence-corrected chi connectivity index (χ0v) is 17.9. The molecule has 0 saturated carbocycles. The molecule has 6 nitrogen and oxygen atoms in total. The van der Waals surface area contributed by atoms with E-state index < -0.39 is 5.66 Å². The van der Waals surface area contributed by atoms with Crippen LogP contribution in [0.4, 0.5) is 5.69 Å². The molecule has 2 unspecified atom stereocenters. The highest BCUT2D eigenvalue weighted by molar-refractivity contribution is 9.10. The summed E-state index contributed by atoms with van der Waals surface area (Å²) in [5.74, 6) is -0.707. The number of rotatable bonds is 4. The molecule has 2 aliphatic rings. The zero-order chi connectivity index (χ0) is 20.8. The van der Waals surface area contributed by atoms with E-state index in [1.54, 1.807) is 24.3 Å². The van der Waals surface area contributed by atoms with Crippen molar-refractivity contribution in [2.75, 3.05) is 11.4 Å². The van der Waals surface area contributed by atoms with E-state index in [-0.39, 0.29) is 36.6 Å². The maximum Gasteiger partial charge on any atom is 0.267 e. The summed E-state index contributed by atoms with van der Waals surface area (Å²) in [4.78, 5) is 42.8. The van der Waals surface area contributed by atoms with Gasteiger partial charge < -0.3 is 10.2 Å². The second-order valence-electron chi connectivity index (χ2n) is 7.33. The molecule has 0 bridgehead atoms. The molecular formula is C22H22BrN3O3. The standard InChI is InChI=1S/C22H22BrN3O3/c1-3-25-20(28)16-9-5-7-11-18(16)26-19(27)12-13-22(25,26)21(29)24-14(2)15-8-4-6-10-17(15)23/h4-11,14H,3,12-13H2,1-2H3,(H,24,29). The summed E-state index contributed by atoms with van der Waals surface area (Å²) >= 11 is 3.52. The van der Waals surface area contributed by atoms with Crippen molar-refractivity contribution in [2.45, 2.75) is 38.4 Å². The lowest BCUT2D eigenvalue weighted by Gasteiger charge is -2.49. The Kier molecular flexibility index (Phi) is 4.94. The van der Waals surface area contributed by atoms with Gasteiger partial charge in [0.05, 0.1) is 17.3 Å². The molecule has 1 N–H and O–H groups in total. The maximum atomic E-state index is 13.7. The molecule has 0 radical (unpaired) electrons. The van der Waals surface area contributed by atoms with Crippen molar-refractivity contribution in [2.24, 2.45) is 0 Å². The van der Waals surface area contributed by atoms with Crippen molar-refractivity contribution in [3.8, 4) is 0 Å². The second kappa shape index (κ2) is 7.30. The van der Waals surface area contributed by atoms with Crippen LogP contribution in [0.5, 0.6) is 0 Å². The van der Waals surface area contributed by atoms with Gasteiger partial charge in [-0.1, -0.05) is 46.3 Å². The van der Waals surface area contributed by atoms with E-state index in [4.69, 9.17) is 0 Å². The molecule has 150 valence electrons. The van der Waals surface area contributed by atoms with Gasteiger partial charge in [-0.25, -0.2) is 0 Å². The van der Waals surface area contributed by atoms with Gasteiger partial charge >= 0.3 is 0 Å². The fourth-order valence-electron chi connectivity index (χ4n) is 4.42. The van der Waals surface area contributed by atoms with Gasteiger partial charge in [-0.3, -0.25) is 19.3 Å². The Bertz CT molecular complexity index is 1010. The minimum absolute atomic E-state index is 0.146. The highest BCUT2D eigenvalue weighted by Gasteiger charge is 2.60. The summed E-state index contributed by atoms with van der Waals surface area (Å²) < 4.78 is 0.891. The van der Waals surface area contributed by atoms with Crippen LogP contribution in [-0.4, -0.2) is 34.8 Å². The molecule has 2 heterocycles. The first kappa shape index (κ1) is 19.6. The molecule has 3 amide bonds. The van der Waals surface area contributed by atoms with Crippen LogP contribution in [0, 0.1) is 0 Å². The minimum atomic E-state index is -1.34. The van der Waals surface area contributed by atoms with Crippen LogP contribution in [0.3, 0.4) is 0 Å². The Labute approximate surface area is 178 Å². The van der Waals surface area contributed by atoms with Gasteiger partial charge in [-0.05, 0) is 37.6 Å². The first-order chi connectivity index (χ1) is 13.9. The summed E-state index contributed by atoms with van der Waals surface area (Å²) in [6, 6.07) is 14.4. The predicted molar refractivity (Wildman–Crippen MR) is 113 cm³/mol.